The van der Waals surface area contributed by atoms with Crippen LogP contribution < -0.4 is 5.32 Å². The molecule has 1 N–H and O–H groups in total. The van der Waals surface area contributed by atoms with Crippen molar-refractivity contribution in [3.63, 3.8) is 0 Å². The Morgan fingerprint density at radius 2 is 2.19 bits per heavy atom. The summed E-state index contributed by atoms with van der Waals surface area (Å²) in [5.74, 6) is 0.276. The normalized spacial score (nSPS) is 23.7. The average Bonchev–Trinajstić information content (AvgIpc) is 2.45. The van der Waals surface area contributed by atoms with Crippen molar-refractivity contribution in [2.24, 2.45) is 5.92 Å². The Hall–Kier alpha value is -0.640. The largest absolute Gasteiger partial charge is 0.311 e. The second-order valence-corrected chi connectivity index (χ2v) is 6.79. The molecule has 0 aliphatic carbocycles. The SMILES string of the molecule is CCCC1CNC(C(C)C)CN1Cc1ccc(F)c(Cl)c1. The van der Waals surface area contributed by atoms with Gasteiger partial charge in [0.15, 0.2) is 0 Å². The molecule has 1 aromatic rings. The van der Waals surface area contributed by atoms with Gasteiger partial charge in [-0.3, -0.25) is 4.90 Å². The summed E-state index contributed by atoms with van der Waals surface area (Å²) >= 11 is 5.90. The molecule has 1 aromatic carbocycles. The fourth-order valence-electron chi connectivity index (χ4n) is 3.01. The third kappa shape index (κ3) is 4.41. The van der Waals surface area contributed by atoms with Gasteiger partial charge >= 0.3 is 0 Å². The van der Waals surface area contributed by atoms with Crippen LogP contribution in [0.1, 0.15) is 39.2 Å². The number of nitrogens with one attached hydrogen (secondary N) is 1. The summed E-state index contributed by atoms with van der Waals surface area (Å²) in [6, 6.07) is 6.14. The molecule has 0 bridgehead atoms. The molecule has 4 heteroatoms. The summed E-state index contributed by atoms with van der Waals surface area (Å²) in [5, 5.41) is 3.88. The molecule has 2 atom stereocenters. The lowest BCUT2D eigenvalue weighted by Crippen LogP contribution is -2.57. The maximum Gasteiger partial charge on any atom is 0.141 e. The van der Waals surface area contributed by atoms with E-state index in [1.54, 1.807) is 6.07 Å². The Kier molecular flexibility index (Phi) is 6.03. The molecular weight excluding hydrogens is 287 g/mol. The average molecular weight is 313 g/mol. The zero-order chi connectivity index (χ0) is 15.4. The zero-order valence-corrected chi connectivity index (χ0v) is 14.0. The van der Waals surface area contributed by atoms with Crippen molar-refractivity contribution in [2.45, 2.75) is 52.2 Å². The van der Waals surface area contributed by atoms with E-state index in [9.17, 15) is 4.39 Å². The summed E-state index contributed by atoms with van der Waals surface area (Å²) < 4.78 is 13.3. The Morgan fingerprint density at radius 3 is 2.81 bits per heavy atom. The maximum atomic E-state index is 13.3. The van der Waals surface area contributed by atoms with Crippen molar-refractivity contribution < 1.29 is 4.39 Å². The first kappa shape index (κ1) is 16.7. The molecule has 0 amide bonds. The smallest absolute Gasteiger partial charge is 0.141 e. The number of piperazine rings is 1. The van der Waals surface area contributed by atoms with Gasteiger partial charge in [-0.15, -0.1) is 0 Å². The molecule has 0 aromatic heterocycles. The predicted octanol–water partition coefficient (Wildman–Crippen LogP) is 4.08. The highest BCUT2D eigenvalue weighted by atomic mass is 35.5. The van der Waals surface area contributed by atoms with Crippen LogP contribution in [0, 0.1) is 11.7 Å². The van der Waals surface area contributed by atoms with Gasteiger partial charge in [0, 0.05) is 31.7 Å². The van der Waals surface area contributed by atoms with E-state index in [1.807, 2.05) is 6.07 Å². The van der Waals surface area contributed by atoms with Crippen LogP contribution in [0.5, 0.6) is 0 Å². The summed E-state index contributed by atoms with van der Waals surface area (Å²) in [6.45, 7) is 9.65. The molecule has 1 saturated heterocycles. The van der Waals surface area contributed by atoms with Gasteiger partial charge in [-0.25, -0.2) is 4.39 Å². The number of hydrogen-bond donors (Lipinski definition) is 1. The van der Waals surface area contributed by atoms with E-state index in [4.69, 9.17) is 11.6 Å². The van der Waals surface area contributed by atoms with E-state index in [0.29, 0.717) is 18.0 Å². The molecular formula is C17H26ClFN2. The molecule has 0 saturated carbocycles. The summed E-state index contributed by atoms with van der Waals surface area (Å²) in [5.41, 5.74) is 1.09. The minimum atomic E-state index is -0.342. The topological polar surface area (TPSA) is 15.3 Å². The molecule has 0 spiro atoms. The fraction of sp³-hybridized carbons (Fsp3) is 0.647. The van der Waals surface area contributed by atoms with E-state index >= 15 is 0 Å². The quantitative estimate of drug-likeness (QED) is 0.881. The Morgan fingerprint density at radius 1 is 1.43 bits per heavy atom. The molecule has 1 aliphatic heterocycles. The number of halogens is 2. The van der Waals surface area contributed by atoms with Gasteiger partial charge in [0.2, 0.25) is 0 Å². The molecule has 2 nitrogen and oxygen atoms in total. The Balaban J connectivity index is 2.09. The van der Waals surface area contributed by atoms with Crippen molar-refractivity contribution in [3.8, 4) is 0 Å². The van der Waals surface area contributed by atoms with E-state index in [2.05, 4.69) is 31.0 Å². The number of rotatable bonds is 5. The molecule has 1 heterocycles. The van der Waals surface area contributed by atoms with Crippen LogP contribution in [-0.2, 0) is 6.54 Å². The lowest BCUT2D eigenvalue weighted by molar-refractivity contribution is 0.0997. The van der Waals surface area contributed by atoms with E-state index in [0.717, 1.165) is 25.2 Å². The Bertz CT molecular complexity index is 464. The van der Waals surface area contributed by atoms with Crippen molar-refractivity contribution in [2.75, 3.05) is 13.1 Å². The fourth-order valence-corrected chi connectivity index (χ4v) is 3.22. The molecule has 2 unspecified atom stereocenters. The lowest BCUT2D eigenvalue weighted by atomic mass is 9.97. The van der Waals surface area contributed by atoms with Crippen LogP contribution in [0.3, 0.4) is 0 Å². The molecule has 2 rings (SSSR count). The molecule has 21 heavy (non-hydrogen) atoms. The van der Waals surface area contributed by atoms with Gasteiger partial charge in [0.25, 0.3) is 0 Å². The first-order valence-electron chi connectivity index (χ1n) is 7.92. The molecule has 1 fully saturated rings. The van der Waals surface area contributed by atoms with Crippen LogP contribution in [0.15, 0.2) is 18.2 Å². The summed E-state index contributed by atoms with van der Waals surface area (Å²) in [4.78, 5) is 2.52. The van der Waals surface area contributed by atoms with Gasteiger partial charge in [-0.2, -0.15) is 0 Å². The zero-order valence-electron chi connectivity index (χ0n) is 13.2. The third-order valence-corrected chi connectivity index (χ3v) is 4.65. The van der Waals surface area contributed by atoms with Crippen molar-refractivity contribution in [1.29, 1.82) is 0 Å². The first-order chi connectivity index (χ1) is 10.0. The summed E-state index contributed by atoms with van der Waals surface area (Å²) in [7, 11) is 0. The van der Waals surface area contributed by atoms with Crippen LogP contribution in [-0.4, -0.2) is 30.1 Å². The highest BCUT2D eigenvalue weighted by molar-refractivity contribution is 6.30. The van der Waals surface area contributed by atoms with Gasteiger partial charge < -0.3 is 5.32 Å². The van der Waals surface area contributed by atoms with Gasteiger partial charge in [-0.05, 0) is 30.0 Å². The minimum Gasteiger partial charge on any atom is -0.311 e. The highest BCUT2D eigenvalue weighted by Gasteiger charge is 2.28. The highest BCUT2D eigenvalue weighted by Crippen LogP contribution is 2.22. The van der Waals surface area contributed by atoms with E-state index in [-0.39, 0.29) is 10.8 Å². The number of nitrogens with zero attached hydrogens (tertiary/aromatic N) is 1. The van der Waals surface area contributed by atoms with Gasteiger partial charge in [-0.1, -0.05) is 44.9 Å². The van der Waals surface area contributed by atoms with Crippen LogP contribution in [0.2, 0.25) is 5.02 Å². The predicted molar refractivity (Wildman–Crippen MR) is 87.1 cm³/mol. The van der Waals surface area contributed by atoms with Crippen LogP contribution in [0.25, 0.3) is 0 Å². The van der Waals surface area contributed by atoms with Crippen molar-refractivity contribution in [3.05, 3.63) is 34.6 Å². The van der Waals surface area contributed by atoms with E-state index < -0.39 is 0 Å². The molecule has 0 radical (unpaired) electrons. The standard InChI is InChI=1S/C17H26ClFN2/c1-4-5-14-9-20-17(12(2)3)11-21(14)10-13-6-7-16(19)15(18)8-13/h6-8,12,14,17,20H,4-5,9-11H2,1-3H3. The van der Waals surface area contributed by atoms with Crippen molar-refractivity contribution >= 4 is 11.6 Å². The van der Waals surface area contributed by atoms with Crippen LogP contribution in [0.4, 0.5) is 4.39 Å². The van der Waals surface area contributed by atoms with Crippen LogP contribution >= 0.6 is 11.6 Å². The molecule has 1 aliphatic rings. The molecule has 118 valence electrons. The van der Waals surface area contributed by atoms with E-state index in [1.165, 1.54) is 18.9 Å². The van der Waals surface area contributed by atoms with Crippen molar-refractivity contribution in [1.82, 2.24) is 10.2 Å². The number of hydrogen-bond acceptors (Lipinski definition) is 2. The first-order valence-corrected chi connectivity index (χ1v) is 8.30. The lowest BCUT2D eigenvalue weighted by Gasteiger charge is -2.42. The summed E-state index contributed by atoms with van der Waals surface area (Å²) in [6.07, 6.45) is 2.37. The van der Waals surface area contributed by atoms with Gasteiger partial charge in [0.05, 0.1) is 5.02 Å². The second-order valence-electron chi connectivity index (χ2n) is 6.38. The van der Waals surface area contributed by atoms with Gasteiger partial charge in [0.1, 0.15) is 5.82 Å². The number of benzene rings is 1. The monoisotopic (exact) mass is 312 g/mol. The third-order valence-electron chi connectivity index (χ3n) is 4.36. The maximum absolute atomic E-state index is 13.3. The minimum absolute atomic E-state index is 0.218. The second kappa shape index (κ2) is 7.57. The Labute approximate surface area is 132 Å².